The number of phosphoric ester groups is 1. The number of quaternary nitrogens is 1. The van der Waals surface area contributed by atoms with Crippen molar-refractivity contribution in [2.75, 3.05) is 40.9 Å². The fourth-order valence-electron chi connectivity index (χ4n) is 7.33. The molecule has 0 aromatic carbocycles. The van der Waals surface area contributed by atoms with Crippen LogP contribution < -0.4 is 5.32 Å². The molecule has 358 valence electrons. The summed E-state index contributed by atoms with van der Waals surface area (Å²) in [5, 5.41) is 14.0. The molecule has 0 rings (SSSR count). The predicted molar refractivity (Wildman–Crippen MR) is 263 cm³/mol. The highest BCUT2D eigenvalue weighted by Crippen LogP contribution is 2.43. The first-order chi connectivity index (χ1) is 29.5. The molecule has 8 nitrogen and oxygen atoms in total. The zero-order chi connectivity index (χ0) is 45.0. The van der Waals surface area contributed by atoms with Gasteiger partial charge in [-0.25, -0.2) is 4.57 Å². The minimum Gasteiger partial charge on any atom is -0.391 e. The van der Waals surface area contributed by atoms with Crippen molar-refractivity contribution in [3.05, 3.63) is 48.6 Å². The van der Waals surface area contributed by atoms with Crippen LogP contribution in [0.3, 0.4) is 0 Å². The van der Waals surface area contributed by atoms with Crippen LogP contribution in [0.4, 0.5) is 0 Å². The number of unbranched alkanes of at least 4 members (excludes halogenated alkanes) is 25. The molecule has 0 heterocycles. The van der Waals surface area contributed by atoms with Gasteiger partial charge in [0.15, 0.2) is 0 Å². The largest absolute Gasteiger partial charge is 0.472 e. The van der Waals surface area contributed by atoms with Gasteiger partial charge in [-0.05, 0) is 51.4 Å². The second kappa shape index (κ2) is 43.7. The molecule has 61 heavy (non-hydrogen) atoms. The number of carbonyl (C=O) groups is 1. The van der Waals surface area contributed by atoms with Gasteiger partial charge in [0.25, 0.3) is 0 Å². The van der Waals surface area contributed by atoms with Gasteiger partial charge in [0, 0.05) is 6.42 Å². The Morgan fingerprint density at radius 1 is 0.574 bits per heavy atom. The predicted octanol–water partition coefficient (Wildman–Crippen LogP) is 14.8. The third-order valence-corrected chi connectivity index (χ3v) is 12.3. The molecule has 0 bridgehead atoms. The van der Waals surface area contributed by atoms with Crippen molar-refractivity contribution >= 4 is 13.7 Å². The van der Waals surface area contributed by atoms with Crippen LogP contribution in [-0.4, -0.2) is 73.4 Å². The van der Waals surface area contributed by atoms with Crippen molar-refractivity contribution in [3.8, 4) is 0 Å². The summed E-state index contributed by atoms with van der Waals surface area (Å²) in [5.41, 5.74) is 0. The van der Waals surface area contributed by atoms with Gasteiger partial charge in [-0.3, -0.25) is 13.8 Å². The second-order valence-electron chi connectivity index (χ2n) is 18.5. The standard InChI is InChI=1S/C52H99N2O6P/c1-6-8-10-12-14-16-18-20-22-23-24-25-26-27-28-29-30-32-33-35-37-39-41-43-45-51(55)50(49-60-61(57,58)59-48-47-54(3,4)5)53-52(56)46-44-42-40-38-36-34-31-21-19-17-15-13-11-9-7-2/h9,11,15,17,21,31,36,38,50-51,55H,6-8,10,12-14,16,18-20,22-30,32-35,37,39-49H2,1-5H3,(H-,53,56,57,58)/p+1/b11-9-,17-15-,31-21-,38-36-. The van der Waals surface area contributed by atoms with Crippen LogP contribution >= 0.6 is 7.82 Å². The third kappa shape index (κ3) is 46.3. The Bertz CT molecular complexity index is 1130. The number of rotatable bonds is 46. The molecule has 0 aliphatic carbocycles. The summed E-state index contributed by atoms with van der Waals surface area (Å²) in [5.74, 6) is -0.184. The topological polar surface area (TPSA) is 105 Å². The van der Waals surface area contributed by atoms with E-state index < -0.39 is 20.0 Å². The van der Waals surface area contributed by atoms with Gasteiger partial charge in [0.1, 0.15) is 13.2 Å². The van der Waals surface area contributed by atoms with Crippen LogP contribution in [0.1, 0.15) is 226 Å². The minimum absolute atomic E-state index is 0.0652. The molecule has 0 saturated carbocycles. The number of likely N-dealkylation sites (N-methyl/N-ethyl adjacent to an activating group) is 1. The number of hydrogen-bond donors (Lipinski definition) is 3. The number of amides is 1. The number of carbonyl (C=O) groups excluding carboxylic acids is 1. The van der Waals surface area contributed by atoms with E-state index in [0.717, 1.165) is 64.2 Å². The Kier molecular flexibility index (Phi) is 42.6. The molecule has 0 spiro atoms. The normalized spacial score (nSPS) is 14.5. The fraction of sp³-hybridized carbons (Fsp3) is 0.827. The van der Waals surface area contributed by atoms with Crippen molar-refractivity contribution in [2.45, 2.75) is 238 Å². The molecule has 0 fully saturated rings. The van der Waals surface area contributed by atoms with Crippen LogP contribution in [-0.2, 0) is 18.4 Å². The van der Waals surface area contributed by atoms with Crippen LogP contribution in [0.5, 0.6) is 0 Å². The summed E-state index contributed by atoms with van der Waals surface area (Å²) < 4.78 is 23.7. The summed E-state index contributed by atoms with van der Waals surface area (Å²) in [6.45, 7) is 4.75. The van der Waals surface area contributed by atoms with Gasteiger partial charge in [-0.2, -0.15) is 0 Å². The van der Waals surface area contributed by atoms with E-state index in [1.165, 1.54) is 135 Å². The Hall–Kier alpha value is -1.54. The molecule has 9 heteroatoms. The van der Waals surface area contributed by atoms with Crippen LogP contribution in [0.2, 0.25) is 0 Å². The number of nitrogens with zero attached hydrogens (tertiary/aromatic N) is 1. The number of nitrogens with one attached hydrogen (secondary N) is 1. The molecule has 3 N–H and O–H groups in total. The Labute approximate surface area is 378 Å². The molecule has 0 aromatic rings. The lowest BCUT2D eigenvalue weighted by atomic mass is 10.0. The quantitative estimate of drug-likeness (QED) is 0.0243. The van der Waals surface area contributed by atoms with Crippen LogP contribution in [0.15, 0.2) is 48.6 Å². The Morgan fingerprint density at radius 3 is 1.41 bits per heavy atom. The average molecular weight is 880 g/mol. The molecule has 3 atom stereocenters. The smallest absolute Gasteiger partial charge is 0.391 e. The first-order valence-corrected chi connectivity index (χ1v) is 27.0. The van der Waals surface area contributed by atoms with E-state index in [1.54, 1.807) is 0 Å². The van der Waals surface area contributed by atoms with Gasteiger partial charge in [0.2, 0.25) is 5.91 Å². The summed E-state index contributed by atoms with van der Waals surface area (Å²) in [6, 6.07) is -0.783. The van der Waals surface area contributed by atoms with E-state index in [1.807, 2.05) is 21.1 Å². The summed E-state index contributed by atoms with van der Waals surface area (Å²) in [4.78, 5) is 23.2. The van der Waals surface area contributed by atoms with Crippen molar-refractivity contribution in [1.82, 2.24) is 5.32 Å². The molecule has 0 aromatic heterocycles. The van der Waals surface area contributed by atoms with Crippen molar-refractivity contribution in [3.63, 3.8) is 0 Å². The van der Waals surface area contributed by atoms with Crippen LogP contribution in [0.25, 0.3) is 0 Å². The van der Waals surface area contributed by atoms with E-state index in [-0.39, 0.29) is 19.1 Å². The molecule has 3 unspecified atom stereocenters. The van der Waals surface area contributed by atoms with Crippen molar-refractivity contribution in [1.29, 1.82) is 0 Å². The average Bonchev–Trinajstić information content (AvgIpc) is 3.21. The summed E-state index contributed by atoms with van der Waals surface area (Å²) in [7, 11) is 1.59. The minimum atomic E-state index is -4.33. The maximum Gasteiger partial charge on any atom is 0.472 e. The number of aliphatic hydroxyl groups excluding tert-OH is 1. The zero-order valence-corrected chi connectivity index (χ0v) is 41.5. The van der Waals surface area contributed by atoms with Gasteiger partial charge >= 0.3 is 7.82 Å². The highest BCUT2D eigenvalue weighted by molar-refractivity contribution is 7.47. The highest BCUT2D eigenvalue weighted by atomic mass is 31.2. The van der Waals surface area contributed by atoms with Gasteiger partial charge < -0.3 is 19.8 Å². The van der Waals surface area contributed by atoms with E-state index in [4.69, 9.17) is 9.05 Å². The van der Waals surface area contributed by atoms with E-state index in [9.17, 15) is 19.4 Å². The lowest BCUT2D eigenvalue weighted by Crippen LogP contribution is -2.46. The van der Waals surface area contributed by atoms with Crippen molar-refractivity contribution in [2.24, 2.45) is 0 Å². The van der Waals surface area contributed by atoms with Crippen molar-refractivity contribution < 1.29 is 32.9 Å². The molecular weight excluding hydrogens is 780 g/mol. The molecule has 0 aliphatic rings. The SMILES string of the molecule is CC/C=C\C/C=C\C/C=C\C/C=C\CCCCC(=O)NC(COP(=O)(O)OCC[N+](C)(C)C)C(O)CCCCCCCCCCCCCCCCCCCCCCCCCC. The molecule has 0 aliphatic heterocycles. The molecule has 0 saturated heterocycles. The third-order valence-electron chi connectivity index (χ3n) is 11.3. The highest BCUT2D eigenvalue weighted by Gasteiger charge is 2.28. The fourth-order valence-corrected chi connectivity index (χ4v) is 8.07. The summed E-state index contributed by atoms with van der Waals surface area (Å²) >= 11 is 0. The first kappa shape index (κ1) is 59.5. The zero-order valence-electron chi connectivity index (χ0n) is 40.7. The monoisotopic (exact) mass is 880 g/mol. The maximum atomic E-state index is 12.9. The van der Waals surface area contributed by atoms with Gasteiger partial charge in [-0.1, -0.05) is 217 Å². The maximum absolute atomic E-state index is 12.9. The first-order valence-electron chi connectivity index (χ1n) is 25.5. The lowest BCUT2D eigenvalue weighted by molar-refractivity contribution is -0.870. The Morgan fingerprint density at radius 2 is 0.984 bits per heavy atom. The lowest BCUT2D eigenvalue weighted by Gasteiger charge is -2.26. The molecule has 1 amide bonds. The molecule has 0 radical (unpaired) electrons. The van der Waals surface area contributed by atoms with Gasteiger partial charge in [-0.15, -0.1) is 0 Å². The number of phosphoric acid groups is 1. The van der Waals surface area contributed by atoms with E-state index >= 15 is 0 Å². The summed E-state index contributed by atoms with van der Waals surface area (Å²) in [6.07, 6.45) is 55.9. The Balaban J connectivity index is 4.25. The number of allylic oxidation sites excluding steroid dienone is 8. The van der Waals surface area contributed by atoms with E-state index in [2.05, 4.69) is 67.8 Å². The van der Waals surface area contributed by atoms with E-state index in [0.29, 0.717) is 23.9 Å². The second-order valence-corrected chi connectivity index (χ2v) is 20.0. The number of hydrogen-bond acceptors (Lipinski definition) is 5. The van der Waals surface area contributed by atoms with Gasteiger partial charge in [0.05, 0.1) is 39.9 Å². The molecular formula is C52H100N2O6P+. The van der Waals surface area contributed by atoms with Crippen LogP contribution in [0, 0.1) is 0 Å². The number of aliphatic hydroxyl groups is 1.